The number of nitrogen functional groups attached to an aromatic ring is 1. The number of pyridine rings is 1. The topological polar surface area (TPSA) is 103 Å². The summed E-state index contributed by atoms with van der Waals surface area (Å²) in [4.78, 5) is 31.2. The smallest absolute Gasteiger partial charge is 0.246 e. The number of aromatic nitrogens is 1. The van der Waals surface area contributed by atoms with Crippen molar-refractivity contribution in [1.29, 1.82) is 0 Å². The van der Waals surface area contributed by atoms with Crippen LogP contribution in [0.15, 0.2) is 52.3 Å². The molecule has 33 heavy (non-hydrogen) atoms. The Morgan fingerprint density at radius 2 is 2.15 bits per heavy atom. The predicted molar refractivity (Wildman–Crippen MR) is 127 cm³/mol. The van der Waals surface area contributed by atoms with E-state index in [9.17, 15) is 4.79 Å². The number of nitrogens with one attached hydrogen (secondary N) is 1. The van der Waals surface area contributed by atoms with Crippen LogP contribution in [0.2, 0.25) is 0 Å². The molecule has 1 saturated heterocycles. The van der Waals surface area contributed by atoms with Gasteiger partial charge in [-0.1, -0.05) is 11.1 Å². The van der Waals surface area contributed by atoms with Crippen molar-refractivity contribution >= 4 is 29.2 Å². The first-order valence-corrected chi connectivity index (χ1v) is 11.8. The number of furan rings is 1. The zero-order valence-corrected chi connectivity index (χ0v) is 19.3. The molecule has 4 heterocycles. The Balaban J connectivity index is 1.28. The fraction of sp³-hybridized carbons (Fsp3) is 0.333. The third-order valence-electron chi connectivity index (χ3n) is 5.50. The second-order valence-electron chi connectivity index (χ2n) is 7.90. The largest absolute Gasteiger partial charge is 0.442 e. The Morgan fingerprint density at radius 1 is 1.30 bits per heavy atom. The number of nitrogens with zero attached hydrogens (tertiary/aromatic N) is 2. The Bertz CT molecular complexity index is 1070. The molecule has 1 amide bonds. The van der Waals surface area contributed by atoms with Crippen LogP contribution in [-0.2, 0) is 16.2 Å². The molecule has 0 spiro atoms. The maximum atomic E-state index is 12.5. The minimum absolute atomic E-state index is 0.0460. The number of anilines is 1. The van der Waals surface area contributed by atoms with Gasteiger partial charge in [-0.3, -0.25) is 9.78 Å². The monoisotopic (exact) mass is 468 g/mol. The van der Waals surface area contributed by atoms with E-state index in [4.69, 9.17) is 25.0 Å². The molecule has 0 radical (unpaired) electrons. The molecule has 0 aliphatic carbocycles. The number of carbonyl (C=O) groups excluding carboxylic acids is 1. The highest BCUT2D eigenvalue weighted by Gasteiger charge is 2.26. The molecular formula is C24H28N4O4S. The lowest BCUT2D eigenvalue weighted by Crippen LogP contribution is -2.37. The van der Waals surface area contributed by atoms with Crippen molar-refractivity contribution in [3.63, 3.8) is 0 Å². The molecule has 1 aliphatic heterocycles. The molecule has 3 aromatic rings. The van der Waals surface area contributed by atoms with Gasteiger partial charge in [-0.15, -0.1) is 11.3 Å². The Labute approximate surface area is 196 Å². The third kappa shape index (κ3) is 6.44. The van der Waals surface area contributed by atoms with Crippen LogP contribution in [0.5, 0.6) is 5.75 Å². The lowest BCUT2D eigenvalue weighted by atomic mass is 9.92. The normalized spacial score (nSPS) is 14.8. The highest BCUT2D eigenvalue weighted by Crippen LogP contribution is 2.33. The summed E-state index contributed by atoms with van der Waals surface area (Å²) in [5.74, 6) is 1.63. The van der Waals surface area contributed by atoms with Gasteiger partial charge in [-0.2, -0.15) is 5.48 Å². The van der Waals surface area contributed by atoms with Crippen LogP contribution in [-0.4, -0.2) is 35.4 Å². The molecule has 4 rings (SSSR count). The van der Waals surface area contributed by atoms with E-state index in [-0.39, 0.29) is 11.8 Å². The number of hydrogen-bond acceptors (Lipinski definition) is 8. The van der Waals surface area contributed by atoms with Crippen molar-refractivity contribution in [2.75, 3.05) is 25.4 Å². The zero-order valence-electron chi connectivity index (χ0n) is 18.5. The fourth-order valence-corrected chi connectivity index (χ4v) is 4.47. The van der Waals surface area contributed by atoms with Crippen LogP contribution in [0, 0.1) is 6.92 Å². The number of carbonyl (C=O) groups is 1. The van der Waals surface area contributed by atoms with Crippen LogP contribution < -0.4 is 16.1 Å². The Hall–Kier alpha value is -3.14. The van der Waals surface area contributed by atoms with E-state index in [0.29, 0.717) is 37.0 Å². The maximum Gasteiger partial charge on any atom is 0.246 e. The van der Waals surface area contributed by atoms with Crippen LogP contribution >= 0.6 is 11.3 Å². The predicted octanol–water partition coefficient (Wildman–Crippen LogP) is 4.10. The van der Waals surface area contributed by atoms with E-state index in [1.165, 1.54) is 11.0 Å². The summed E-state index contributed by atoms with van der Waals surface area (Å²) in [5.41, 5.74) is 10.2. The minimum Gasteiger partial charge on any atom is -0.442 e. The van der Waals surface area contributed by atoms with Gasteiger partial charge >= 0.3 is 0 Å². The molecule has 3 aromatic heterocycles. The van der Waals surface area contributed by atoms with Crippen molar-refractivity contribution in [2.24, 2.45) is 0 Å². The van der Waals surface area contributed by atoms with Gasteiger partial charge in [0.1, 0.15) is 5.76 Å². The van der Waals surface area contributed by atoms with Crippen LogP contribution in [0.1, 0.15) is 40.8 Å². The second kappa shape index (κ2) is 11.1. The van der Waals surface area contributed by atoms with Gasteiger partial charge in [0, 0.05) is 48.3 Å². The van der Waals surface area contributed by atoms with Crippen molar-refractivity contribution in [3.8, 4) is 5.75 Å². The summed E-state index contributed by atoms with van der Waals surface area (Å²) < 4.78 is 5.27. The molecule has 1 aliphatic rings. The summed E-state index contributed by atoms with van der Waals surface area (Å²) in [7, 11) is 0. The van der Waals surface area contributed by atoms with Crippen molar-refractivity contribution in [3.05, 3.63) is 69.9 Å². The number of amides is 1. The number of hydrogen-bond donors (Lipinski definition) is 2. The van der Waals surface area contributed by atoms with E-state index >= 15 is 0 Å². The number of nitrogens with two attached hydrogens (primary N) is 1. The Morgan fingerprint density at radius 3 is 2.88 bits per heavy atom. The third-order valence-corrected chi connectivity index (χ3v) is 6.44. The SMILES string of the molecule is Cc1ccc(OONCCc2cccs2)c(C2CCN(C(=O)/C=C/c3ccc(N)o3)CC2)n1. The molecule has 174 valence electrons. The quantitative estimate of drug-likeness (QED) is 0.211. The summed E-state index contributed by atoms with van der Waals surface area (Å²) in [6.07, 6.45) is 5.63. The molecular weight excluding hydrogens is 440 g/mol. The van der Waals surface area contributed by atoms with E-state index in [2.05, 4.69) is 16.9 Å². The minimum atomic E-state index is -0.0460. The highest BCUT2D eigenvalue weighted by atomic mass is 32.1. The first-order chi connectivity index (χ1) is 16.1. The fourth-order valence-electron chi connectivity index (χ4n) is 3.76. The number of rotatable bonds is 9. The molecule has 0 bridgehead atoms. The molecule has 0 saturated carbocycles. The highest BCUT2D eigenvalue weighted by molar-refractivity contribution is 7.09. The Kier molecular flexibility index (Phi) is 7.77. The number of hydroxylamine groups is 1. The molecule has 0 unspecified atom stereocenters. The average Bonchev–Trinajstić information content (AvgIpc) is 3.50. The van der Waals surface area contributed by atoms with Gasteiger partial charge in [-0.05, 0) is 61.9 Å². The van der Waals surface area contributed by atoms with Crippen LogP contribution in [0.3, 0.4) is 0 Å². The lowest BCUT2D eigenvalue weighted by Gasteiger charge is -2.31. The number of piperidine rings is 1. The molecule has 3 N–H and O–H groups in total. The van der Waals surface area contributed by atoms with Gasteiger partial charge < -0.3 is 19.9 Å². The first-order valence-electron chi connectivity index (χ1n) is 11.0. The average molecular weight is 469 g/mol. The molecule has 1 fully saturated rings. The van der Waals surface area contributed by atoms with Crippen molar-refractivity contribution < 1.29 is 19.1 Å². The van der Waals surface area contributed by atoms with E-state index in [0.717, 1.165) is 30.7 Å². The number of aryl methyl sites for hydroxylation is 1. The zero-order chi connectivity index (χ0) is 23.0. The number of likely N-dealkylation sites (tertiary alicyclic amines) is 1. The number of thiophene rings is 1. The first kappa shape index (κ1) is 23.0. The van der Waals surface area contributed by atoms with Gasteiger partial charge in [0.25, 0.3) is 0 Å². The summed E-state index contributed by atoms with van der Waals surface area (Å²) >= 11 is 1.72. The van der Waals surface area contributed by atoms with Gasteiger partial charge in [0.05, 0.1) is 5.69 Å². The van der Waals surface area contributed by atoms with Gasteiger partial charge in [0.15, 0.2) is 11.6 Å². The maximum absolute atomic E-state index is 12.5. The summed E-state index contributed by atoms with van der Waals surface area (Å²) in [6.45, 7) is 3.89. The standard InChI is InChI=1S/C24H28N4O4S/c1-17-4-7-21(31-32-26-13-10-20-3-2-16-33-20)24(27-17)18-11-14-28(15-12-18)23(29)9-6-19-5-8-22(25)30-19/h2-9,16,18,26H,10-15,25H2,1H3/b9-6+. The summed E-state index contributed by atoms with van der Waals surface area (Å²) in [6, 6.07) is 11.3. The van der Waals surface area contributed by atoms with Crippen molar-refractivity contribution in [1.82, 2.24) is 15.4 Å². The van der Waals surface area contributed by atoms with Crippen LogP contribution in [0.4, 0.5) is 5.88 Å². The molecule has 8 nitrogen and oxygen atoms in total. The van der Waals surface area contributed by atoms with Gasteiger partial charge in [-0.25, -0.2) is 0 Å². The lowest BCUT2D eigenvalue weighted by molar-refractivity contribution is -0.258. The van der Waals surface area contributed by atoms with Gasteiger partial charge in [0.2, 0.25) is 5.91 Å². The van der Waals surface area contributed by atoms with E-state index in [1.807, 2.05) is 30.0 Å². The summed E-state index contributed by atoms with van der Waals surface area (Å²) in [5, 5.41) is 2.06. The molecule has 0 atom stereocenters. The molecule has 9 heteroatoms. The van der Waals surface area contributed by atoms with Crippen LogP contribution in [0.25, 0.3) is 6.08 Å². The van der Waals surface area contributed by atoms with E-state index in [1.54, 1.807) is 29.5 Å². The second-order valence-corrected chi connectivity index (χ2v) is 8.93. The van der Waals surface area contributed by atoms with Crippen molar-refractivity contribution in [2.45, 2.75) is 32.1 Å². The van der Waals surface area contributed by atoms with E-state index < -0.39 is 0 Å². The molecule has 0 aromatic carbocycles.